The Morgan fingerprint density at radius 2 is 1.39 bits per heavy atom. The summed E-state index contributed by atoms with van der Waals surface area (Å²) in [5, 5.41) is 11.3. The molecule has 3 aliphatic carbocycles. The molecule has 4 heteroatoms. The van der Waals surface area contributed by atoms with E-state index in [-0.39, 0.29) is 24.3 Å². The molecule has 7 rings (SSSR count). The molecule has 4 aliphatic rings. The molecule has 0 radical (unpaired) electrons. The number of hydrogen-bond acceptors (Lipinski definition) is 3. The maximum absolute atomic E-state index is 13.9. The summed E-state index contributed by atoms with van der Waals surface area (Å²) in [5.74, 6) is -1.56. The summed E-state index contributed by atoms with van der Waals surface area (Å²) >= 11 is 0. The molecule has 154 valence electrons. The Kier molecular flexibility index (Phi) is 3.81. The summed E-state index contributed by atoms with van der Waals surface area (Å²) in [6.07, 6.45) is -0.822. The first kappa shape index (κ1) is 18.5. The van der Waals surface area contributed by atoms with E-state index in [0.29, 0.717) is 0 Å². The Hall–Kier alpha value is -3.24. The van der Waals surface area contributed by atoms with E-state index >= 15 is 0 Å². The quantitative estimate of drug-likeness (QED) is 0.673. The van der Waals surface area contributed by atoms with Gasteiger partial charge in [-0.2, -0.15) is 0 Å². The monoisotopic (exact) mass is 409 g/mol. The molecular formula is C27H23NO3. The third-order valence-electron chi connectivity index (χ3n) is 7.62. The molecule has 3 aromatic rings. The summed E-state index contributed by atoms with van der Waals surface area (Å²) in [7, 11) is 0. The highest BCUT2D eigenvalue weighted by atomic mass is 16.3. The van der Waals surface area contributed by atoms with Crippen molar-refractivity contribution in [3.05, 3.63) is 107 Å². The number of carbonyl (C=O) groups excluding carboxylic acids is 2. The minimum Gasteiger partial charge on any atom is -0.392 e. The molecule has 1 fully saturated rings. The van der Waals surface area contributed by atoms with Crippen LogP contribution in [0.25, 0.3) is 0 Å². The van der Waals surface area contributed by atoms with Crippen LogP contribution in [0.4, 0.5) is 0 Å². The van der Waals surface area contributed by atoms with Gasteiger partial charge in [0.1, 0.15) is 0 Å². The van der Waals surface area contributed by atoms with E-state index in [4.69, 9.17) is 0 Å². The number of aliphatic hydroxyl groups excluding tert-OH is 1. The summed E-state index contributed by atoms with van der Waals surface area (Å²) in [6.45, 7) is 2.02. The zero-order valence-electron chi connectivity index (χ0n) is 17.2. The van der Waals surface area contributed by atoms with Crippen LogP contribution in [0.15, 0.2) is 78.9 Å². The average molecular weight is 409 g/mol. The van der Waals surface area contributed by atoms with Gasteiger partial charge in [0.05, 0.1) is 29.9 Å². The van der Waals surface area contributed by atoms with E-state index in [9.17, 15) is 14.7 Å². The Morgan fingerprint density at radius 1 is 0.839 bits per heavy atom. The number of imide groups is 1. The summed E-state index contributed by atoms with van der Waals surface area (Å²) in [5.41, 5.74) is 4.09. The van der Waals surface area contributed by atoms with Crippen molar-refractivity contribution in [1.82, 2.24) is 4.90 Å². The maximum atomic E-state index is 13.9. The summed E-state index contributed by atoms with van der Waals surface area (Å²) < 4.78 is 0. The van der Waals surface area contributed by atoms with Gasteiger partial charge in [-0.05, 0) is 34.7 Å². The second-order valence-corrected chi connectivity index (χ2v) is 8.95. The molecule has 31 heavy (non-hydrogen) atoms. The highest BCUT2D eigenvalue weighted by Crippen LogP contribution is 2.65. The molecule has 2 bridgehead atoms. The average Bonchev–Trinajstić information content (AvgIpc) is 3.05. The molecule has 1 heterocycles. The lowest BCUT2D eigenvalue weighted by Gasteiger charge is -2.55. The Morgan fingerprint density at radius 3 is 1.97 bits per heavy atom. The van der Waals surface area contributed by atoms with Crippen LogP contribution in [0, 0.1) is 11.8 Å². The van der Waals surface area contributed by atoms with Crippen LogP contribution >= 0.6 is 0 Å². The topological polar surface area (TPSA) is 57.6 Å². The highest BCUT2D eigenvalue weighted by molar-refractivity contribution is 6.08. The SMILES string of the molecule is C[C@H](O)C12c3ccccc3C(c3ccccc31)[C@H]1C(=O)N(Cc3ccccc3)C(=O)[C@H]12. The normalized spacial score (nSPS) is 28.8. The molecule has 3 atom stereocenters. The van der Waals surface area contributed by atoms with Crippen LogP contribution in [0.5, 0.6) is 0 Å². The Bertz CT molecular complexity index is 1170. The van der Waals surface area contributed by atoms with Crippen molar-refractivity contribution in [1.29, 1.82) is 0 Å². The van der Waals surface area contributed by atoms with Crippen molar-refractivity contribution in [2.45, 2.75) is 30.9 Å². The second kappa shape index (κ2) is 6.38. The number of rotatable bonds is 3. The lowest BCUT2D eigenvalue weighted by atomic mass is 9.46. The largest absolute Gasteiger partial charge is 0.392 e. The van der Waals surface area contributed by atoms with Gasteiger partial charge < -0.3 is 5.11 Å². The highest BCUT2D eigenvalue weighted by Gasteiger charge is 2.69. The van der Waals surface area contributed by atoms with Crippen molar-refractivity contribution >= 4 is 11.8 Å². The molecular weight excluding hydrogens is 386 g/mol. The van der Waals surface area contributed by atoms with Crippen LogP contribution in [0.2, 0.25) is 0 Å². The van der Waals surface area contributed by atoms with Gasteiger partial charge >= 0.3 is 0 Å². The van der Waals surface area contributed by atoms with Gasteiger partial charge in [0.2, 0.25) is 11.8 Å². The molecule has 1 saturated heterocycles. The van der Waals surface area contributed by atoms with Crippen LogP contribution in [0.1, 0.15) is 40.7 Å². The van der Waals surface area contributed by atoms with Gasteiger partial charge in [0.25, 0.3) is 0 Å². The number of hydrogen-bond donors (Lipinski definition) is 1. The Labute approximate surface area is 181 Å². The molecule has 0 aromatic heterocycles. The number of carbonyl (C=O) groups is 2. The molecule has 4 nitrogen and oxygen atoms in total. The molecule has 1 aliphatic heterocycles. The van der Waals surface area contributed by atoms with E-state index in [1.54, 1.807) is 6.92 Å². The molecule has 2 amide bonds. The van der Waals surface area contributed by atoms with E-state index in [2.05, 4.69) is 12.1 Å². The number of benzene rings is 3. The smallest absolute Gasteiger partial charge is 0.234 e. The zero-order chi connectivity index (χ0) is 21.3. The predicted molar refractivity (Wildman–Crippen MR) is 116 cm³/mol. The molecule has 0 unspecified atom stereocenters. The zero-order valence-corrected chi connectivity index (χ0v) is 17.2. The first-order valence-electron chi connectivity index (χ1n) is 10.8. The number of amides is 2. The van der Waals surface area contributed by atoms with Gasteiger partial charge in [-0.1, -0.05) is 78.9 Å². The molecule has 3 aromatic carbocycles. The van der Waals surface area contributed by atoms with Crippen LogP contribution < -0.4 is 0 Å². The van der Waals surface area contributed by atoms with Gasteiger partial charge in [-0.25, -0.2) is 0 Å². The van der Waals surface area contributed by atoms with Crippen molar-refractivity contribution in [3.63, 3.8) is 0 Å². The molecule has 0 saturated carbocycles. The summed E-state index contributed by atoms with van der Waals surface area (Å²) in [6, 6.07) is 25.7. The van der Waals surface area contributed by atoms with E-state index < -0.39 is 23.4 Å². The van der Waals surface area contributed by atoms with Gasteiger partial charge in [-0.15, -0.1) is 0 Å². The van der Waals surface area contributed by atoms with E-state index in [1.165, 1.54) is 4.90 Å². The van der Waals surface area contributed by atoms with Crippen molar-refractivity contribution in [2.24, 2.45) is 11.8 Å². The molecule has 0 spiro atoms. The van der Waals surface area contributed by atoms with Gasteiger partial charge in [0.15, 0.2) is 0 Å². The van der Waals surface area contributed by atoms with Crippen LogP contribution in [-0.2, 0) is 21.5 Å². The van der Waals surface area contributed by atoms with Crippen molar-refractivity contribution in [3.8, 4) is 0 Å². The third kappa shape index (κ3) is 2.18. The predicted octanol–water partition coefficient (Wildman–Crippen LogP) is 3.61. The fourth-order valence-corrected chi connectivity index (χ4v) is 6.52. The minimum absolute atomic E-state index is 0.127. The molecule has 1 N–H and O–H groups in total. The third-order valence-corrected chi connectivity index (χ3v) is 7.62. The fraction of sp³-hybridized carbons (Fsp3) is 0.259. The lowest BCUT2D eigenvalue weighted by molar-refractivity contribution is -0.141. The van der Waals surface area contributed by atoms with E-state index in [0.717, 1.165) is 27.8 Å². The summed E-state index contributed by atoms with van der Waals surface area (Å²) in [4.78, 5) is 29.0. The number of likely N-dealkylation sites (tertiary alicyclic amines) is 1. The standard InChI is InChI=1S/C27H23NO3/c1-16(29)27-20-13-7-5-11-18(20)22(19-12-6-8-14-21(19)27)23-24(27)26(31)28(25(23)30)15-17-9-3-2-4-10-17/h2-14,16,22-24,29H,15H2,1H3/t16-,22?,23+,24-,27?/m0/s1. The minimum atomic E-state index is -0.926. The fourth-order valence-electron chi connectivity index (χ4n) is 6.52. The van der Waals surface area contributed by atoms with Crippen molar-refractivity contribution < 1.29 is 14.7 Å². The lowest BCUT2D eigenvalue weighted by Crippen LogP contribution is -2.58. The second-order valence-electron chi connectivity index (χ2n) is 8.95. The first-order valence-corrected chi connectivity index (χ1v) is 10.8. The van der Waals surface area contributed by atoms with Crippen LogP contribution in [0.3, 0.4) is 0 Å². The Balaban J connectivity index is 1.60. The number of nitrogens with zero attached hydrogens (tertiary/aromatic N) is 1. The maximum Gasteiger partial charge on any atom is 0.234 e. The van der Waals surface area contributed by atoms with E-state index in [1.807, 2.05) is 66.7 Å². The number of aliphatic hydroxyl groups is 1. The first-order chi connectivity index (χ1) is 15.1. The van der Waals surface area contributed by atoms with Gasteiger partial charge in [0, 0.05) is 5.92 Å². The van der Waals surface area contributed by atoms with Gasteiger partial charge in [-0.3, -0.25) is 14.5 Å². The van der Waals surface area contributed by atoms with Crippen molar-refractivity contribution in [2.75, 3.05) is 0 Å². The van der Waals surface area contributed by atoms with Crippen LogP contribution in [-0.4, -0.2) is 27.9 Å².